The molecule has 21 nitrogen and oxygen atoms in total. The molecule has 32 heavy (non-hydrogen) atoms. The fourth-order valence-corrected chi connectivity index (χ4v) is 0. The summed E-state index contributed by atoms with van der Waals surface area (Å²) in [7, 11) is 0. The van der Waals surface area contributed by atoms with Crippen LogP contribution in [0.25, 0.3) is 0 Å². The number of hydrogen-bond acceptors (Lipinski definition) is 21. The molecule has 168 valence electrons. The minimum Gasteiger partial charge on any atom is -0.652 e. The first kappa shape index (κ1) is 70.0. The molecular weight excluding hydrogens is 570 g/mol. The van der Waals surface area contributed by atoms with Crippen LogP contribution in [-0.4, -0.2) is 77.8 Å². The van der Waals surface area contributed by atoms with Crippen molar-refractivity contribution in [1.82, 2.24) is 0 Å². The molecule has 0 aromatic heterocycles. The van der Waals surface area contributed by atoms with E-state index >= 15 is 0 Å². The van der Waals surface area contributed by atoms with Crippen LogP contribution in [0.4, 0.5) is 33.6 Å². The molecule has 0 aromatic carbocycles. The average Bonchev–Trinajstić information content (AvgIpc) is 2.20. The van der Waals surface area contributed by atoms with Crippen molar-refractivity contribution in [3.8, 4) is 0 Å². The molecule has 25 heteroatoms. The van der Waals surface area contributed by atoms with Crippen molar-refractivity contribution < 1.29 is 148 Å². The third-order valence-corrected chi connectivity index (χ3v) is 0. The second-order valence-electron chi connectivity index (χ2n) is 1.75. The van der Waals surface area contributed by atoms with E-state index in [0.717, 1.165) is 0 Å². The van der Waals surface area contributed by atoms with Crippen LogP contribution in [0, 0.1) is 0 Å². The van der Waals surface area contributed by atoms with E-state index in [4.69, 9.17) is 105 Å². The minimum absolute atomic E-state index is 0. The normalized spacial score (nSPS) is 5.25. The number of hydrogen-bond donors (Lipinski definition) is 0. The molecule has 0 bridgehead atoms. The van der Waals surface area contributed by atoms with E-state index in [2.05, 4.69) is 0 Å². The van der Waals surface area contributed by atoms with Gasteiger partial charge in [-0.15, -0.1) is 0 Å². The maximum Gasteiger partial charge on any atom is 4.00 e. The quantitative estimate of drug-likeness (QED) is 0.244. The minimum atomic E-state index is -2.33. The predicted molar refractivity (Wildman–Crippen MR) is 49.3 cm³/mol. The van der Waals surface area contributed by atoms with Crippen molar-refractivity contribution in [2.24, 2.45) is 0 Å². The zero-order valence-electron chi connectivity index (χ0n) is 14.2. The Morgan fingerprint density at radius 1 is 0.250 bits per heavy atom. The molecule has 0 atom stereocenters. The maximum atomic E-state index is 8.33. The fraction of sp³-hybridized carbons (Fsp3) is 0. The Morgan fingerprint density at radius 2 is 0.250 bits per heavy atom. The second kappa shape index (κ2) is 63.0. The Labute approximate surface area is 225 Å². The summed E-state index contributed by atoms with van der Waals surface area (Å²) in [6.45, 7) is 0. The molecule has 0 fully saturated rings. The van der Waals surface area contributed by atoms with Crippen LogP contribution in [0.2, 0.25) is 0 Å². The van der Waals surface area contributed by atoms with Gasteiger partial charge in [0, 0.05) is 0 Å². The van der Waals surface area contributed by atoms with Gasteiger partial charge >= 0.3 is 78.2 Å². The molecule has 0 aliphatic carbocycles. The largest absolute Gasteiger partial charge is 4.00 e. The molecule has 0 aliphatic rings. The van der Waals surface area contributed by atoms with Crippen molar-refractivity contribution in [1.29, 1.82) is 0 Å². The molecule has 0 radical (unpaired) electrons. The monoisotopic (exact) mass is 570 g/mol. The molecule has 0 rings (SSSR count). The molecule has 0 aromatic rings. The summed E-state index contributed by atoms with van der Waals surface area (Å²) in [5.41, 5.74) is 0. The van der Waals surface area contributed by atoms with E-state index in [0.29, 0.717) is 0 Å². The molecule has 0 saturated heterocycles. The van der Waals surface area contributed by atoms with Crippen LogP contribution in [0.1, 0.15) is 0 Å². The van der Waals surface area contributed by atoms with Gasteiger partial charge in [-0.25, -0.2) is 0 Å². The fourth-order valence-electron chi connectivity index (χ4n) is 0. The Hall–Kier alpha value is -2.62. The van der Waals surface area contributed by atoms with Crippen molar-refractivity contribution in [3.63, 3.8) is 0 Å². The zero-order chi connectivity index (χ0) is 25.0. The van der Waals surface area contributed by atoms with Gasteiger partial charge in [0.2, 0.25) is 0 Å². The molecule has 0 saturated carbocycles. The van der Waals surface area contributed by atoms with E-state index in [1.807, 2.05) is 0 Å². The zero-order valence-corrected chi connectivity index (χ0v) is 19.7. The van der Waals surface area contributed by atoms with E-state index in [9.17, 15) is 0 Å². The van der Waals surface area contributed by atoms with E-state index in [-0.39, 0.29) is 78.2 Å². The van der Waals surface area contributed by atoms with Crippen LogP contribution < -0.4 is 71.5 Å². The molecule has 0 spiro atoms. The molecule has 0 aliphatic heterocycles. The first-order valence-electron chi connectivity index (χ1n) is 4.29. The third kappa shape index (κ3) is 2780. The number of carbonyl (C=O) groups is 7. The molecular formula is C7Al2O21Ti2. The summed E-state index contributed by atoms with van der Waals surface area (Å²) < 4.78 is 0. The van der Waals surface area contributed by atoms with Gasteiger partial charge in [-0.05, 0) is 43.1 Å². The van der Waals surface area contributed by atoms with Crippen molar-refractivity contribution >= 4 is 77.8 Å². The Kier molecular flexibility index (Phi) is 138. The number of carboxylic acid groups (broad SMARTS) is 14. The van der Waals surface area contributed by atoms with E-state index in [1.54, 1.807) is 0 Å². The summed E-state index contributed by atoms with van der Waals surface area (Å²) in [5, 5.41) is 117. The van der Waals surface area contributed by atoms with Crippen molar-refractivity contribution in [2.75, 3.05) is 0 Å². The molecule has 0 N–H and O–H groups in total. The van der Waals surface area contributed by atoms with Crippen LogP contribution in [0.5, 0.6) is 0 Å². The van der Waals surface area contributed by atoms with Crippen LogP contribution >= 0.6 is 0 Å². The summed E-state index contributed by atoms with van der Waals surface area (Å²) in [5.74, 6) is 0. The Morgan fingerprint density at radius 3 is 0.250 bits per heavy atom. The van der Waals surface area contributed by atoms with Crippen LogP contribution in [0.15, 0.2) is 0 Å². The standard InChI is InChI=1S/7CH2O3.2Al.2Ti/c7*2-1(3)4;;;;/h7*(H2,2,3,4);;;;/q;;;;;;;2*+3;2*+4/p-14. The first-order valence-corrected chi connectivity index (χ1v) is 4.29. The van der Waals surface area contributed by atoms with Crippen LogP contribution in [0.3, 0.4) is 0 Å². The van der Waals surface area contributed by atoms with Gasteiger partial charge in [0.05, 0.1) is 0 Å². The molecule has 0 heterocycles. The topological polar surface area (TPSA) is 442 Å². The average molecular weight is 570 g/mol. The Balaban J connectivity index is -0.0000000175. The first-order chi connectivity index (χ1) is 12.1. The van der Waals surface area contributed by atoms with Gasteiger partial charge in [0.1, 0.15) is 0 Å². The van der Waals surface area contributed by atoms with Crippen molar-refractivity contribution in [2.45, 2.75) is 0 Å². The van der Waals surface area contributed by atoms with Gasteiger partial charge in [-0.2, -0.15) is 0 Å². The second-order valence-corrected chi connectivity index (χ2v) is 1.75. The van der Waals surface area contributed by atoms with Gasteiger partial charge in [-0.1, -0.05) is 0 Å². The summed E-state index contributed by atoms with van der Waals surface area (Å²) >= 11 is 0. The number of carbonyl (C=O) groups excluding carboxylic acids is 7. The number of rotatable bonds is 0. The van der Waals surface area contributed by atoms with E-state index < -0.39 is 43.1 Å². The summed E-state index contributed by atoms with van der Waals surface area (Å²) in [4.78, 5) is 58.3. The van der Waals surface area contributed by atoms with Gasteiger partial charge < -0.3 is 105 Å². The summed E-state index contributed by atoms with van der Waals surface area (Å²) in [6.07, 6.45) is -16.3. The van der Waals surface area contributed by atoms with Crippen molar-refractivity contribution in [3.05, 3.63) is 0 Å². The predicted octanol–water partition coefficient (Wildman–Crippen LogP) is -17.9. The molecule has 0 amide bonds. The maximum absolute atomic E-state index is 8.33. The smallest absolute Gasteiger partial charge is 0.652 e. The van der Waals surface area contributed by atoms with Gasteiger partial charge in [-0.3, -0.25) is 0 Å². The van der Waals surface area contributed by atoms with Gasteiger partial charge in [0.15, 0.2) is 0 Å². The third-order valence-electron chi connectivity index (χ3n) is 0. The Bertz CT molecular complexity index is 323. The SMILES string of the molecule is O=C([O-])[O-].O=C([O-])[O-].O=C([O-])[O-].O=C([O-])[O-].O=C([O-])[O-].O=C([O-])[O-].O=C([O-])[O-].[Al+3].[Al+3].[Ti+4].[Ti+4]. The van der Waals surface area contributed by atoms with E-state index in [1.165, 1.54) is 0 Å². The molecule has 0 unspecified atom stereocenters. The summed E-state index contributed by atoms with van der Waals surface area (Å²) in [6, 6.07) is 0. The van der Waals surface area contributed by atoms with Gasteiger partial charge in [0.25, 0.3) is 0 Å². The van der Waals surface area contributed by atoms with Crippen LogP contribution in [-0.2, 0) is 43.4 Å².